The van der Waals surface area contributed by atoms with Gasteiger partial charge >= 0.3 is 5.97 Å². The van der Waals surface area contributed by atoms with Gasteiger partial charge in [-0.15, -0.1) is 0 Å². The molecule has 172 valence electrons. The minimum Gasteiger partial charge on any atom is -0.493 e. The first-order valence-electron chi connectivity index (χ1n) is 11.3. The molecule has 0 unspecified atom stereocenters. The molecule has 1 heterocycles. The summed E-state index contributed by atoms with van der Waals surface area (Å²) in [5.74, 6) is 0.277. The Kier molecular flexibility index (Phi) is 6.82. The molecule has 2 aromatic carbocycles. The second-order valence-corrected chi connectivity index (χ2v) is 8.17. The van der Waals surface area contributed by atoms with E-state index < -0.39 is 11.9 Å². The molecule has 2 aliphatic rings. The Morgan fingerprint density at radius 3 is 2.61 bits per heavy atom. The van der Waals surface area contributed by atoms with Crippen LogP contribution >= 0.6 is 0 Å². The Balaban J connectivity index is 1.74. The molecule has 0 radical (unpaired) electrons. The van der Waals surface area contributed by atoms with Gasteiger partial charge in [0, 0.05) is 29.3 Å². The molecule has 1 aliphatic heterocycles. The van der Waals surface area contributed by atoms with Crippen LogP contribution in [0.15, 0.2) is 71.1 Å². The number of dihydropyridines is 1. The lowest BCUT2D eigenvalue weighted by Crippen LogP contribution is -2.34. The van der Waals surface area contributed by atoms with Crippen LogP contribution in [0.2, 0.25) is 0 Å². The summed E-state index contributed by atoms with van der Waals surface area (Å²) < 4.78 is 16.9. The quantitative estimate of drug-likeness (QED) is 0.615. The van der Waals surface area contributed by atoms with Crippen LogP contribution in [0, 0.1) is 0 Å². The van der Waals surface area contributed by atoms with Gasteiger partial charge in [0.15, 0.2) is 17.3 Å². The summed E-state index contributed by atoms with van der Waals surface area (Å²) in [6.07, 6.45) is 2.04. The first-order chi connectivity index (χ1) is 16.0. The number of carbonyl (C=O) groups excluding carboxylic acids is 2. The maximum atomic E-state index is 13.4. The van der Waals surface area contributed by atoms with Gasteiger partial charge in [0.1, 0.15) is 6.61 Å². The van der Waals surface area contributed by atoms with Crippen molar-refractivity contribution < 1.29 is 23.8 Å². The van der Waals surface area contributed by atoms with Crippen LogP contribution in [0.4, 0.5) is 0 Å². The second-order valence-electron chi connectivity index (χ2n) is 8.17. The van der Waals surface area contributed by atoms with Crippen LogP contribution in [0.25, 0.3) is 0 Å². The highest BCUT2D eigenvalue weighted by atomic mass is 16.5. The molecule has 4 rings (SSSR count). The normalized spacial score (nSPS) is 17.9. The van der Waals surface area contributed by atoms with Gasteiger partial charge in [-0.05, 0) is 49.9 Å². The molecule has 0 saturated carbocycles. The van der Waals surface area contributed by atoms with Gasteiger partial charge in [-0.1, -0.05) is 36.4 Å². The van der Waals surface area contributed by atoms with E-state index in [1.165, 1.54) is 0 Å². The Morgan fingerprint density at radius 1 is 1.09 bits per heavy atom. The minimum absolute atomic E-state index is 0.0578. The molecule has 33 heavy (non-hydrogen) atoms. The summed E-state index contributed by atoms with van der Waals surface area (Å²) in [5.41, 5.74) is 4.39. The number of benzene rings is 2. The molecule has 0 aromatic heterocycles. The monoisotopic (exact) mass is 447 g/mol. The lowest BCUT2D eigenvalue weighted by atomic mass is 9.75. The molecule has 1 N–H and O–H groups in total. The van der Waals surface area contributed by atoms with Crippen LogP contribution in [0.5, 0.6) is 11.5 Å². The molecule has 6 heteroatoms. The van der Waals surface area contributed by atoms with Gasteiger partial charge in [-0.2, -0.15) is 0 Å². The Bertz CT molecular complexity index is 1120. The number of ether oxygens (including phenoxy) is 3. The molecule has 6 nitrogen and oxygen atoms in total. The third-order valence-corrected chi connectivity index (χ3v) is 6.03. The number of methoxy groups -OCH3 is 1. The fourth-order valence-corrected chi connectivity index (χ4v) is 4.53. The van der Waals surface area contributed by atoms with Gasteiger partial charge < -0.3 is 19.5 Å². The molecule has 0 fully saturated rings. The van der Waals surface area contributed by atoms with E-state index in [4.69, 9.17) is 14.2 Å². The number of allylic oxidation sites excluding steroid dienone is 3. The number of hydrogen-bond donors (Lipinski definition) is 1. The van der Waals surface area contributed by atoms with Crippen molar-refractivity contribution in [3.63, 3.8) is 0 Å². The first kappa shape index (κ1) is 22.6. The topological polar surface area (TPSA) is 73.9 Å². The molecule has 2 aromatic rings. The molecule has 1 atom stereocenters. The minimum atomic E-state index is -0.526. The zero-order valence-electron chi connectivity index (χ0n) is 19.3. The molecule has 0 amide bonds. The van der Waals surface area contributed by atoms with Crippen LogP contribution in [0.3, 0.4) is 0 Å². The van der Waals surface area contributed by atoms with E-state index in [9.17, 15) is 9.59 Å². The standard InChI is InChI=1S/C27H29NO5/c1-4-32-22-14-13-19(15-23(22)31-3)25-24(27(30)33-16-18-9-6-5-7-10-18)17(2)28-20-11-8-12-21(29)26(20)25/h5-7,9-10,13-15,25,28H,4,8,11-12,16H2,1-3H3/t25-/m0/s1. The summed E-state index contributed by atoms with van der Waals surface area (Å²) >= 11 is 0. The van der Waals surface area contributed by atoms with E-state index >= 15 is 0 Å². The number of ketones is 1. The number of nitrogens with one attached hydrogen (secondary N) is 1. The summed E-state index contributed by atoms with van der Waals surface area (Å²) in [5, 5.41) is 3.32. The van der Waals surface area contributed by atoms with Crippen LogP contribution in [0.1, 0.15) is 50.2 Å². The van der Waals surface area contributed by atoms with Gasteiger partial charge in [0.2, 0.25) is 0 Å². The van der Waals surface area contributed by atoms with Crippen molar-refractivity contribution >= 4 is 11.8 Å². The van der Waals surface area contributed by atoms with Crippen molar-refractivity contribution in [3.05, 3.63) is 82.2 Å². The summed E-state index contributed by atoms with van der Waals surface area (Å²) in [6.45, 7) is 4.44. The Morgan fingerprint density at radius 2 is 1.88 bits per heavy atom. The molecule has 0 spiro atoms. The van der Waals surface area contributed by atoms with E-state index in [1.807, 2.05) is 62.4 Å². The van der Waals surface area contributed by atoms with E-state index in [0.29, 0.717) is 41.4 Å². The molecular formula is C27H29NO5. The second kappa shape index (κ2) is 9.94. The van der Waals surface area contributed by atoms with Gasteiger partial charge in [0.25, 0.3) is 0 Å². The highest BCUT2D eigenvalue weighted by Crippen LogP contribution is 2.44. The zero-order valence-corrected chi connectivity index (χ0v) is 19.3. The van der Waals surface area contributed by atoms with Crippen molar-refractivity contribution in [3.8, 4) is 11.5 Å². The van der Waals surface area contributed by atoms with Crippen molar-refractivity contribution in [2.45, 2.75) is 45.6 Å². The summed E-state index contributed by atoms with van der Waals surface area (Å²) in [6, 6.07) is 15.1. The highest BCUT2D eigenvalue weighted by molar-refractivity contribution is 6.03. The van der Waals surface area contributed by atoms with E-state index in [0.717, 1.165) is 29.7 Å². The van der Waals surface area contributed by atoms with E-state index in [-0.39, 0.29) is 12.4 Å². The Labute approximate surface area is 194 Å². The van der Waals surface area contributed by atoms with Crippen LogP contribution in [-0.2, 0) is 20.9 Å². The molecule has 0 bridgehead atoms. The van der Waals surface area contributed by atoms with Crippen LogP contribution < -0.4 is 14.8 Å². The molecule has 0 saturated heterocycles. The van der Waals surface area contributed by atoms with Gasteiger partial charge in [-0.3, -0.25) is 4.79 Å². The van der Waals surface area contributed by atoms with E-state index in [2.05, 4.69) is 5.32 Å². The van der Waals surface area contributed by atoms with Crippen molar-refractivity contribution in [2.24, 2.45) is 0 Å². The van der Waals surface area contributed by atoms with Gasteiger partial charge in [0.05, 0.1) is 19.3 Å². The first-order valence-corrected chi connectivity index (χ1v) is 11.3. The largest absolute Gasteiger partial charge is 0.493 e. The SMILES string of the molecule is CCOc1ccc([C@H]2C(C(=O)OCc3ccccc3)=C(C)NC3=C2C(=O)CCC3)cc1OC. The maximum absolute atomic E-state index is 13.4. The third-order valence-electron chi connectivity index (χ3n) is 6.03. The predicted octanol–water partition coefficient (Wildman–Crippen LogP) is 4.81. The molecule has 1 aliphatic carbocycles. The fraction of sp³-hybridized carbons (Fsp3) is 0.333. The zero-order chi connectivity index (χ0) is 23.4. The third kappa shape index (κ3) is 4.65. The summed E-state index contributed by atoms with van der Waals surface area (Å²) in [4.78, 5) is 26.4. The fourth-order valence-electron chi connectivity index (χ4n) is 4.53. The van der Waals surface area contributed by atoms with Crippen LogP contribution in [-0.4, -0.2) is 25.5 Å². The predicted molar refractivity (Wildman–Crippen MR) is 125 cm³/mol. The maximum Gasteiger partial charge on any atom is 0.337 e. The number of esters is 1. The lowest BCUT2D eigenvalue weighted by Gasteiger charge is -2.34. The highest BCUT2D eigenvalue weighted by Gasteiger charge is 2.39. The number of rotatable bonds is 7. The Hall–Kier alpha value is -3.54. The lowest BCUT2D eigenvalue weighted by molar-refractivity contribution is -0.140. The number of Topliss-reactive ketones (excluding diaryl/α,β-unsaturated/α-hetero) is 1. The van der Waals surface area contributed by atoms with Crippen molar-refractivity contribution in [1.82, 2.24) is 5.32 Å². The average Bonchev–Trinajstić information content (AvgIpc) is 2.83. The van der Waals surface area contributed by atoms with Crippen molar-refractivity contribution in [2.75, 3.05) is 13.7 Å². The smallest absolute Gasteiger partial charge is 0.337 e. The van der Waals surface area contributed by atoms with Gasteiger partial charge in [-0.25, -0.2) is 4.79 Å². The van der Waals surface area contributed by atoms with Crippen molar-refractivity contribution in [1.29, 1.82) is 0 Å². The summed E-state index contributed by atoms with van der Waals surface area (Å²) in [7, 11) is 1.58. The average molecular weight is 448 g/mol. The number of hydrogen-bond acceptors (Lipinski definition) is 6. The van der Waals surface area contributed by atoms with E-state index in [1.54, 1.807) is 7.11 Å². The number of carbonyl (C=O) groups is 2. The molecular weight excluding hydrogens is 418 g/mol.